The Labute approximate surface area is 148 Å². The van der Waals surface area contributed by atoms with E-state index in [1.165, 1.54) is 0 Å². The van der Waals surface area contributed by atoms with Crippen LogP contribution in [0, 0.1) is 0 Å². The Morgan fingerprint density at radius 3 is 2.56 bits per heavy atom. The summed E-state index contributed by atoms with van der Waals surface area (Å²) >= 11 is 0. The maximum Gasteiger partial charge on any atom is 0.241 e. The highest BCUT2D eigenvalue weighted by Crippen LogP contribution is 2.26. The number of carbonyl (C=O) groups excluding carboxylic acids is 1. The van der Waals surface area contributed by atoms with Crippen molar-refractivity contribution < 1.29 is 13.2 Å². The molecule has 1 atom stereocenters. The number of sulfone groups is 1. The summed E-state index contributed by atoms with van der Waals surface area (Å²) in [5.74, 6) is 0.432. The van der Waals surface area contributed by atoms with Crippen molar-refractivity contribution in [3.63, 3.8) is 0 Å². The molecule has 1 heterocycles. The van der Waals surface area contributed by atoms with Crippen LogP contribution in [0.25, 0.3) is 11.0 Å². The second-order valence-corrected chi connectivity index (χ2v) is 9.72. The standard InChI is InChI=1S/C17H26N4O3S/c1-17(2,3)16-20-13-10-11(6-7-14(13)21(16)4)19-15(22)12(18)8-9-25(5,23)24/h6-7,10,12H,8-9,18H2,1-5H3,(H,19,22). The van der Waals surface area contributed by atoms with Crippen LogP contribution < -0.4 is 11.1 Å². The zero-order valence-electron chi connectivity index (χ0n) is 15.3. The normalized spacial score (nSPS) is 13.8. The molecule has 7 nitrogen and oxygen atoms in total. The minimum atomic E-state index is -3.14. The van der Waals surface area contributed by atoms with E-state index in [0.717, 1.165) is 23.1 Å². The van der Waals surface area contributed by atoms with Gasteiger partial charge in [0.2, 0.25) is 5.91 Å². The summed E-state index contributed by atoms with van der Waals surface area (Å²) in [5, 5.41) is 2.73. The van der Waals surface area contributed by atoms with Crippen molar-refractivity contribution in [1.29, 1.82) is 0 Å². The molecule has 2 rings (SSSR count). The topological polar surface area (TPSA) is 107 Å². The predicted molar refractivity (Wildman–Crippen MR) is 100 cm³/mol. The molecule has 0 saturated carbocycles. The molecule has 1 unspecified atom stereocenters. The molecule has 0 aliphatic heterocycles. The third-order valence-electron chi connectivity index (χ3n) is 3.96. The van der Waals surface area contributed by atoms with Crippen LogP contribution in [0.3, 0.4) is 0 Å². The number of aromatic nitrogens is 2. The Balaban J connectivity index is 2.18. The number of rotatable bonds is 5. The van der Waals surface area contributed by atoms with Gasteiger partial charge in [-0.1, -0.05) is 20.8 Å². The van der Waals surface area contributed by atoms with Gasteiger partial charge in [-0.3, -0.25) is 4.79 Å². The first-order valence-corrected chi connectivity index (χ1v) is 10.2. The van der Waals surface area contributed by atoms with E-state index in [9.17, 15) is 13.2 Å². The number of nitrogens with two attached hydrogens (primary N) is 1. The lowest BCUT2D eigenvalue weighted by atomic mass is 9.96. The van der Waals surface area contributed by atoms with Crippen LogP contribution in [-0.2, 0) is 27.1 Å². The van der Waals surface area contributed by atoms with Gasteiger partial charge in [-0.25, -0.2) is 13.4 Å². The van der Waals surface area contributed by atoms with E-state index in [0.29, 0.717) is 5.69 Å². The molecule has 0 bridgehead atoms. The van der Waals surface area contributed by atoms with Gasteiger partial charge in [0.25, 0.3) is 0 Å². The number of benzene rings is 1. The Morgan fingerprint density at radius 1 is 1.36 bits per heavy atom. The zero-order valence-corrected chi connectivity index (χ0v) is 16.1. The summed E-state index contributed by atoms with van der Waals surface area (Å²) < 4.78 is 24.4. The number of aryl methyl sites for hydroxylation is 1. The van der Waals surface area contributed by atoms with Gasteiger partial charge in [0, 0.05) is 24.4 Å². The number of nitrogens with one attached hydrogen (secondary N) is 1. The average Bonchev–Trinajstić information content (AvgIpc) is 2.80. The number of amides is 1. The van der Waals surface area contributed by atoms with Crippen LogP contribution in [0.4, 0.5) is 5.69 Å². The van der Waals surface area contributed by atoms with Gasteiger partial charge >= 0.3 is 0 Å². The van der Waals surface area contributed by atoms with Gasteiger partial charge in [0.1, 0.15) is 15.7 Å². The molecule has 8 heteroatoms. The second-order valence-electron chi connectivity index (χ2n) is 7.46. The number of nitrogens with zero attached hydrogens (tertiary/aromatic N) is 2. The van der Waals surface area contributed by atoms with Crippen LogP contribution in [-0.4, -0.2) is 41.9 Å². The van der Waals surface area contributed by atoms with E-state index in [1.54, 1.807) is 12.1 Å². The van der Waals surface area contributed by atoms with E-state index in [4.69, 9.17) is 5.73 Å². The van der Waals surface area contributed by atoms with E-state index >= 15 is 0 Å². The number of hydrogen-bond donors (Lipinski definition) is 2. The largest absolute Gasteiger partial charge is 0.331 e. The maximum atomic E-state index is 12.1. The van der Waals surface area contributed by atoms with Gasteiger partial charge in [0.05, 0.1) is 22.8 Å². The Bertz CT molecular complexity index is 894. The van der Waals surface area contributed by atoms with Crippen LogP contribution >= 0.6 is 0 Å². The molecular weight excluding hydrogens is 340 g/mol. The monoisotopic (exact) mass is 366 g/mol. The first kappa shape index (κ1) is 19.4. The van der Waals surface area contributed by atoms with Crippen molar-refractivity contribution in [2.45, 2.75) is 38.6 Å². The summed E-state index contributed by atoms with van der Waals surface area (Å²) in [6.07, 6.45) is 1.21. The smallest absolute Gasteiger partial charge is 0.241 e. The van der Waals surface area contributed by atoms with Crippen molar-refractivity contribution in [2.75, 3.05) is 17.3 Å². The molecule has 0 aliphatic rings. The third-order valence-corrected chi connectivity index (χ3v) is 4.93. The van der Waals surface area contributed by atoms with Crippen LogP contribution in [0.15, 0.2) is 18.2 Å². The lowest BCUT2D eigenvalue weighted by molar-refractivity contribution is -0.117. The Morgan fingerprint density at radius 2 is 2.00 bits per heavy atom. The number of fused-ring (bicyclic) bond motifs is 1. The van der Waals surface area contributed by atoms with Crippen molar-refractivity contribution in [3.05, 3.63) is 24.0 Å². The predicted octanol–water partition coefficient (Wildman–Crippen LogP) is 1.57. The summed E-state index contributed by atoms with van der Waals surface area (Å²) in [6, 6.07) is 4.61. The van der Waals surface area contributed by atoms with E-state index < -0.39 is 21.8 Å². The van der Waals surface area contributed by atoms with Crippen LogP contribution in [0.2, 0.25) is 0 Å². The molecule has 3 N–H and O–H groups in total. The van der Waals surface area contributed by atoms with Crippen LogP contribution in [0.1, 0.15) is 33.0 Å². The molecule has 0 aliphatic carbocycles. The summed E-state index contributed by atoms with van der Waals surface area (Å²) in [4.78, 5) is 16.8. The Hall–Kier alpha value is -1.93. The highest BCUT2D eigenvalue weighted by atomic mass is 32.2. The molecule has 1 aromatic carbocycles. The minimum absolute atomic E-state index is 0.0880. The third kappa shape index (κ3) is 4.79. The molecule has 0 radical (unpaired) electrons. The number of anilines is 1. The quantitative estimate of drug-likeness (QED) is 0.835. The van der Waals surface area contributed by atoms with Gasteiger partial charge in [-0.15, -0.1) is 0 Å². The van der Waals surface area contributed by atoms with Gasteiger partial charge < -0.3 is 15.6 Å². The first-order valence-electron chi connectivity index (χ1n) is 8.09. The number of imidazole rings is 1. The molecule has 0 spiro atoms. The maximum absolute atomic E-state index is 12.1. The molecule has 0 fully saturated rings. The summed E-state index contributed by atoms with van der Waals surface area (Å²) in [7, 11) is -1.18. The average molecular weight is 366 g/mol. The number of carbonyl (C=O) groups is 1. The molecule has 0 saturated heterocycles. The summed E-state index contributed by atoms with van der Waals surface area (Å²) in [6.45, 7) is 6.28. The SMILES string of the molecule is Cn1c(C(C)(C)C)nc2cc(NC(=O)C(N)CCS(C)(=O)=O)ccc21. The molecule has 25 heavy (non-hydrogen) atoms. The first-order chi connectivity index (χ1) is 11.4. The molecular formula is C17H26N4O3S. The van der Waals surface area contributed by atoms with Crippen molar-refractivity contribution in [2.24, 2.45) is 12.8 Å². The van der Waals surface area contributed by atoms with E-state index in [2.05, 4.69) is 31.1 Å². The zero-order chi connectivity index (χ0) is 19.0. The second kappa shape index (κ2) is 6.76. The van der Waals surface area contributed by atoms with E-state index in [1.807, 2.05) is 17.7 Å². The lowest BCUT2D eigenvalue weighted by Crippen LogP contribution is -2.37. The van der Waals surface area contributed by atoms with Gasteiger partial charge in [-0.05, 0) is 24.6 Å². The van der Waals surface area contributed by atoms with Crippen molar-refractivity contribution >= 4 is 32.5 Å². The number of hydrogen-bond acceptors (Lipinski definition) is 5. The van der Waals surface area contributed by atoms with Gasteiger partial charge in [0.15, 0.2) is 0 Å². The van der Waals surface area contributed by atoms with E-state index in [-0.39, 0.29) is 17.6 Å². The van der Waals surface area contributed by atoms with Crippen LogP contribution in [0.5, 0.6) is 0 Å². The molecule has 2 aromatic rings. The molecule has 1 amide bonds. The molecule has 1 aromatic heterocycles. The van der Waals surface area contributed by atoms with Gasteiger partial charge in [-0.2, -0.15) is 0 Å². The summed E-state index contributed by atoms with van der Waals surface area (Å²) in [5.41, 5.74) is 8.03. The lowest BCUT2D eigenvalue weighted by Gasteiger charge is -2.17. The fourth-order valence-corrected chi connectivity index (χ4v) is 3.34. The van der Waals surface area contributed by atoms with Crippen molar-refractivity contribution in [3.8, 4) is 0 Å². The van der Waals surface area contributed by atoms with Crippen molar-refractivity contribution in [1.82, 2.24) is 9.55 Å². The fraction of sp³-hybridized carbons (Fsp3) is 0.529. The highest BCUT2D eigenvalue weighted by Gasteiger charge is 2.22. The molecule has 138 valence electrons. The minimum Gasteiger partial charge on any atom is -0.331 e. The fourth-order valence-electron chi connectivity index (χ4n) is 2.66. The Kier molecular flexibility index (Phi) is 5.24. The highest BCUT2D eigenvalue weighted by molar-refractivity contribution is 7.90.